The molecule has 29 heavy (non-hydrogen) atoms. The fourth-order valence-corrected chi connectivity index (χ4v) is 2.93. The van der Waals surface area contributed by atoms with Gasteiger partial charge in [-0.1, -0.05) is 6.07 Å². The minimum atomic E-state index is -4.43. The first-order valence-corrected chi connectivity index (χ1v) is 10.7. The van der Waals surface area contributed by atoms with Crippen LogP contribution in [0.2, 0.25) is 5.28 Å². The molecular weight excluding hydrogens is 450 g/mol. The number of nitrogens with one attached hydrogen (secondary N) is 1. The van der Waals surface area contributed by atoms with Crippen LogP contribution in [-0.2, 0) is 20.7 Å². The maximum atomic E-state index is 11.5. The largest absolute Gasteiger partial charge is 0.425 e. The van der Waals surface area contributed by atoms with Crippen LogP contribution in [0.3, 0.4) is 0 Å². The van der Waals surface area contributed by atoms with E-state index in [2.05, 4.69) is 20.3 Å². The third-order valence-electron chi connectivity index (χ3n) is 3.29. The van der Waals surface area contributed by atoms with Gasteiger partial charge < -0.3 is 15.3 Å². The van der Waals surface area contributed by atoms with Crippen molar-refractivity contribution in [3.8, 4) is 0 Å². The van der Waals surface area contributed by atoms with Crippen molar-refractivity contribution in [1.82, 2.24) is 15.0 Å². The van der Waals surface area contributed by atoms with E-state index in [4.69, 9.17) is 29.3 Å². The summed E-state index contributed by atoms with van der Waals surface area (Å²) in [5.74, 6) is 0.252. The number of hydrogen-bond donors (Lipinski definition) is 3. The third kappa shape index (κ3) is 8.25. The van der Waals surface area contributed by atoms with Crippen LogP contribution in [0.15, 0.2) is 23.1 Å². The van der Waals surface area contributed by atoms with Crippen molar-refractivity contribution < 1.29 is 30.7 Å². The van der Waals surface area contributed by atoms with Gasteiger partial charge in [0, 0.05) is 13.1 Å². The minimum Gasteiger partial charge on any atom is -0.395 e. The topological polar surface area (TPSA) is 180 Å². The molecule has 15 heteroatoms. The van der Waals surface area contributed by atoms with Gasteiger partial charge in [-0.05, 0) is 43.1 Å². The molecule has 1 aromatic carbocycles. The van der Waals surface area contributed by atoms with Crippen molar-refractivity contribution in [1.29, 1.82) is 0 Å². The Kier molecular flexibility index (Phi) is 9.32. The Morgan fingerprint density at radius 2 is 1.83 bits per heavy atom. The zero-order valence-electron chi connectivity index (χ0n) is 15.3. The van der Waals surface area contributed by atoms with Crippen LogP contribution in [0.4, 0.5) is 17.6 Å². The maximum absolute atomic E-state index is 11.5. The molecule has 0 radical (unpaired) electrons. The van der Waals surface area contributed by atoms with Gasteiger partial charge in [-0.15, -0.1) is 12.6 Å². The molecule has 0 saturated heterocycles. The van der Waals surface area contributed by atoms with Crippen LogP contribution in [0.5, 0.6) is 0 Å². The number of aliphatic hydroxyl groups excluding tert-OH is 1. The number of aromatic nitrogens is 3. The summed E-state index contributed by atoms with van der Waals surface area (Å²) < 4.78 is 57.8. The first kappa shape index (κ1) is 24.6. The molecule has 2 aromatic rings. The highest BCUT2D eigenvalue weighted by atomic mass is 35.5. The lowest BCUT2D eigenvalue weighted by Crippen LogP contribution is -2.28. The number of likely N-dealkylation sites (N-methyl/N-ethyl adjacent to an activating group) is 1. The average molecular weight is 468 g/mol. The quantitative estimate of drug-likeness (QED) is 0.484. The summed E-state index contributed by atoms with van der Waals surface area (Å²) in [4.78, 5) is 13.5. The van der Waals surface area contributed by atoms with Crippen molar-refractivity contribution in [2.24, 2.45) is 0 Å². The van der Waals surface area contributed by atoms with Crippen molar-refractivity contribution in [3.63, 3.8) is 0 Å². The van der Waals surface area contributed by atoms with E-state index in [9.17, 15) is 13.0 Å². The Bertz CT molecular complexity index is 1060. The molecular formula is C14H18ClN5O7S2. The van der Waals surface area contributed by atoms with Crippen molar-refractivity contribution in [2.75, 3.05) is 29.9 Å². The van der Waals surface area contributed by atoms with Gasteiger partial charge in [-0.2, -0.15) is 23.4 Å². The fraction of sp³-hybridized carbons (Fsp3) is 0.357. The number of benzene rings is 1. The molecule has 2 rings (SSSR count). The summed E-state index contributed by atoms with van der Waals surface area (Å²) in [5.41, 5.74) is 0.881. The Morgan fingerprint density at radius 1 is 1.21 bits per heavy atom. The molecule has 0 aliphatic heterocycles. The number of aryl methyl sites for hydroxylation is 1. The van der Waals surface area contributed by atoms with Crippen LogP contribution in [0.25, 0.3) is 0 Å². The van der Waals surface area contributed by atoms with Crippen LogP contribution in [-0.4, -0.2) is 65.4 Å². The second kappa shape index (κ2) is 11.0. The average Bonchev–Trinajstić information content (AvgIpc) is 2.57. The van der Waals surface area contributed by atoms with E-state index in [0.29, 0.717) is 13.1 Å². The van der Waals surface area contributed by atoms with E-state index < -0.39 is 20.7 Å². The van der Waals surface area contributed by atoms with Crippen LogP contribution < -0.4 is 10.2 Å². The number of halogens is 1. The number of nitrogens with zero attached hydrogens (tertiary/aromatic N) is 4. The Labute approximate surface area is 173 Å². The van der Waals surface area contributed by atoms with E-state index in [1.807, 2.05) is 6.92 Å². The Balaban J connectivity index is 0.000000960. The highest BCUT2D eigenvalue weighted by molar-refractivity contribution is 7.86. The molecule has 0 saturated carbocycles. The molecule has 1 aromatic heterocycles. The van der Waals surface area contributed by atoms with Crippen molar-refractivity contribution >= 4 is 49.9 Å². The van der Waals surface area contributed by atoms with Gasteiger partial charge in [0.15, 0.2) is 0 Å². The van der Waals surface area contributed by atoms with Gasteiger partial charge in [-0.25, -0.2) is 0 Å². The zero-order chi connectivity index (χ0) is 22.2. The van der Waals surface area contributed by atoms with Gasteiger partial charge >= 0.3 is 10.6 Å². The number of anilines is 3. The molecule has 0 aliphatic carbocycles. The van der Waals surface area contributed by atoms with Crippen LogP contribution in [0, 0.1) is 6.92 Å². The first-order chi connectivity index (χ1) is 13.5. The summed E-state index contributed by atoms with van der Waals surface area (Å²) in [7, 11) is -7.54. The highest BCUT2D eigenvalue weighted by Gasteiger charge is 2.18. The standard InChI is InChI=1S/C14H18ClN5O4S.O3S/c1-3-20(6-7-21)14-18-12(15)17-13(19-14)16-10-8-9(2)4-5-11(10)25(22,23)24;1-4(2)3/h4-5,8,21H,3,6-7H2,1-2H3,(H,22,23,24)(H,16,17,18,19);. The normalized spacial score (nSPS) is 10.7. The molecule has 12 nitrogen and oxygen atoms in total. The second-order valence-corrected chi connectivity index (χ2v) is 7.47. The third-order valence-corrected chi connectivity index (χ3v) is 4.37. The first-order valence-electron chi connectivity index (χ1n) is 7.87. The summed E-state index contributed by atoms with van der Waals surface area (Å²) in [5, 5.41) is 11.8. The van der Waals surface area contributed by atoms with E-state index in [1.54, 1.807) is 17.9 Å². The van der Waals surface area contributed by atoms with Crippen LogP contribution in [0.1, 0.15) is 12.5 Å². The summed E-state index contributed by atoms with van der Waals surface area (Å²) >= 11 is 5.92. The van der Waals surface area contributed by atoms with Gasteiger partial charge in [0.05, 0.1) is 12.3 Å². The van der Waals surface area contributed by atoms with E-state index >= 15 is 0 Å². The summed E-state index contributed by atoms with van der Waals surface area (Å²) in [6.45, 7) is 4.37. The predicted molar refractivity (Wildman–Crippen MR) is 104 cm³/mol. The number of rotatable bonds is 7. The fourth-order valence-electron chi connectivity index (χ4n) is 2.14. The summed E-state index contributed by atoms with van der Waals surface area (Å²) in [6, 6.07) is 4.37. The van der Waals surface area contributed by atoms with Crippen LogP contribution >= 0.6 is 11.6 Å². The highest BCUT2D eigenvalue weighted by Crippen LogP contribution is 2.26. The molecule has 0 fully saturated rings. The van der Waals surface area contributed by atoms with Gasteiger partial charge in [-0.3, -0.25) is 4.55 Å². The van der Waals surface area contributed by atoms with Gasteiger partial charge in [0.2, 0.25) is 17.2 Å². The second-order valence-electron chi connectivity index (χ2n) is 5.34. The lowest BCUT2D eigenvalue weighted by molar-refractivity contribution is 0.301. The molecule has 3 N–H and O–H groups in total. The van der Waals surface area contributed by atoms with Gasteiger partial charge in [0.1, 0.15) is 4.90 Å². The predicted octanol–water partition coefficient (Wildman–Crippen LogP) is 0.638. The lowest BCUT2D eigenvalue weighted by Gasteiger charge is -2.20. The SMILES string of the molecule is CCN(CCO)c1nc(Cl)nc(Nc2cc(C)ccc2S(=O)(=O)O)n1.O=S(=O)=O. The van der Waals surface area contributed by atoms with Crippen molar-refractivity contribution in [3.05, 3.63) is 29.0 Å². The molecule has 0 spiro atoms. The van der Waals surface area contributed by atoms with E-state index in [0.717, 1.165) is 5.56 Å². The smallest absolute Gasteiger partial charge is 0.395 e. The zero-order valence-corrected chi connectivity index (χ0v) is 17.7. The molecule has 160 valence electrons. The number of aliphatic hydroxyl groups is 1. The molecule has 0 amide bonds. The monoisotopic (exact) mass is 467 g/mol. The van der Waals surface area contributed by atoms with E-state index in [1.165, 1.54) is 12.1 Å². The molecule has 0 aliphatic rings. The van der Waals surface area contributed by atoms with Crippen molar-refractivity contribution in [2.45, 2.75) is 18.7 Å². The Morgan fingerprint density at radius 3 is 2.34 bits per heavy atom. The molecule has 0 atom stereocenters. The number of hydrogen-bond acceptors (Lipinski definition) is 11. The Hall–Kier alpha value is -2.39. The molecule has 0 bridgehead atoms. The molecule has 1 heterocycles. The summed E-state index contributed by atoms with van der Waals surface area (Å²) in [6.07, 6.45) is 0. The lowest BCUT2D eigenvalue weighted by atomic mass is 10.2. The maximum Gasteiger partial charge on any atom is 0.425 e. The van der Waals surface area contributed by atoms with Gasteiger partial charge in [0.25, 0.3) is 10.1 Å². The minimum absolute atomic E-state index is 0.0156. The van der Waals surface area contributed by atoms with E-state index in [-0.39, 0.29) is 34.4 Å². The molecule has 0 unspecified atom stereocenters.